The van der Waals surface area contributed by atoms with E-state index in [1.165, 1.54) is 0 Å². The molecule has 1 atom stereocenters. The van der Waals surface area contributed by atoms with Gasteiger partial charge in [0.15, 0.2) is 0 Å². The van der Waals surface area contributed by atoms with E-state index in [2.05, 4.69) is 0 Å². The van der Waals surface area contributed by atoms with E-state index in [4.69, 9.17) is 4.74 Å². The highest BCUT2D eigenvalue weighted by molar-refractivity contribution is 6.07. The largest absolute Gasteiger partial charge is 0.378 e. The van der Waals surface area contributed by atoms with E-state index in [0.717, 1.165) is 23.4 Å². The standard InChI is InChI=1S/C19H22N2O2/c1-20(2)15-10-8-14(9-11-15)19(22)21-13-12-18(23-3)16-6-4-5-7-17(16)21/h4-11,18H,12-13H2,1-3H3. The highest BCUT2D eigenvalue weighted by atomic mass is 16.5. The average molecular weight is 310 g/mol. The molecule has 0 saturated carbocycles. The van der Waals surface area contributed by atoms with Gasteiger partial charge in [0.05, 0.1) is 6.10 Å². The van der Waals surface area contributed by atoms with E-state index in [9.17, 15) is 4.79 Å². The Morgan fingerprint density at radius 3 is 2.48 bits per heavy atom. The molecule has 1 aliphatic rings. The fourth-order valence-electron chi connectivity index (χ4n) is 3.04. The van der Waals surface area contributed by atoms with Crippen LogP contribution in [0.1, 0.15) is 28.4 Å². The molecule has 0 N–H and O–H groups in total. The maximum atomic E-state index is 12.9. The zero-order valence-corrected chi connectivity index (χ0v) is 13.8. The molecule has 23 heavy (non-hydrogen) atoms. The predicted molar refractivity (Wildman–Crippen MR) is 93.3 cm³/mol. The molecule has 1 unspecified atom stereocenters. The van der Waals surface area contributed by atoms with Crippen molar-refractivity contribution in [2.45, 2.75) is 12.5 Å². The quantitative estimate of drug-likeness (QED) is 0.870. The number of anilines is 2. The van der Waals surface area contributed by atoms with Crippen molar-refractivity contribution < 1.29 is 9.53 Å². The summed E-state index contributed by atoms with van der Waals surface area (Å²) in [5, 5.41) is 0. The van der Waals surface area contributed by atoms with Crippen molar-refractivity contribution in [1.82, 2.24) is 0 Å². The molecule has 1 aliphatic heterocycles. The van der Waals surface area contributed by atoms with Crippen LogP contribution in [0.2, 0.25) is 0 Å². The summed E-state index contributed by atoms with van der Waals surface area (Å²) in [7, 11) is 5.70. The van der Waals surface area contributed by atoms with Crippen LogP contribution in [-0.4, -0.2) is 33.7 Å². The van der Waals surface area contributed by atoms with Crippen molar-refractivity contribution in [1.29, 1.82) is 0 Å². The van der Waals surface area contributed by atoms with Crippen molar-refractivity contribution in [3.05, 3.63) is 59.7 Å². The number of carbonyl (C=O) groups excluding carboxylic acids is 1. The first-order valence-corrected chi connectivity index (χ1v) is 7.83. The molecular formula is C19H22N2O2. The van der Waals surface area contributed by atoms with Crippen LogP contribution < -0.4 is 9.80 Å². The summed E-state index contributed by atoms with van der Waals surface area (Å²) in [6.07, 6.45) is 0.876. The minimum atomic E-state index is 0.0392. The minimum Gasteiger partial charge on any atom is -0.378 e. The Morgan fingerprint density at radius 2 is 1.83 bits per heavy atom. The number of methoxy groups -OCH3 is 1. The van der Waals surface area contributed by atoms with Crippen LogP contribution in [0.15, 0.2) is 48.5 Å². The first-order chi connectivity index (χ1) is 11.1. The number of carbonyl (C=O) groups is 1. The van der Waals surface area contributed by atoms with Gasteiger partial charge in [-0.05, 0) is 36.8 Å². The Labute approximate surface area is 137 Å². The van der Waals surface area contributed by atoms with Gasteiger partial charge >= 0.3 is 0 Å². The topological polar surface area (TPSA) is 32.8 Å². The summed E-state index contributed by atoms with van der Waals surface area (Å²) >= 11 is 0. The Kier molecular flexibility index (Phi) is 4.35. The molecule has 0 bridgehead atoms. The third-order valence-electron chi connectivity index (χ3n) is 4.35. The van der Waals surface area contributed by atoms with E-state index < -0.39 is 0 Å². The third kappa shape index (κ3) is 2.94. The van der Waals surface area contributed by atoms with Crippen molar-refractivity contribution in [3.8, 4) is 0 Å². The van der Waals surface area contributed by atoms with Gasteiger partial charge in [-0.2, -0.15) is 0 Å². The Balaban J connectivity index is 1.91. The van der Waals surface area contributed by atoms with Crippen LogP contribution in [0, 0.1) is 0 Å². The summed E-state index contributed by atoms with van der Waals surface area (Å²) < 4.78 is 5.55. The summed E-state index contributed by atoms with van der Waals surface area (Å²) in [5.74, 6) is 0.0392. The number of ether oxygens (including phenoxy) is 1. The van der Waals surface area contributed by atoms with Crippen molar-refractivity contribution in [2.24, 2.45) is 0 Å². The van der Waals surface area contributed by atoms with Crippen LogP contribution in [0.5, 0.6) is 0 Å². The molecular weight excluding hydrogens is 288 g/mol. The molecule has 0 saturated heterocycles. The highest BCUT2D eigenvalue weighted by Gasteiger charge is 2.28. The molecule has 2 aromatic carbocycles. The number of hydrogen-bond acceptors (Lipinski definition) is 3. The van der Waals surface area contributed by atoms with Gasteiger partial charge in [-0.3, -0.25) is 4.79 Å². The maximum Gasteiger partial charge on any atom is 0.258 e. The molecule has 1 heterocycles. The zero-order valence-electron chi connectivity index (χ0n) is 13.8. The molecule has 2 aromatic rings. The lowest BCUT2D eigenvalue weighted by molar-refractivity contribution is 0.0868. The highest BCUT2D eigenvalue weighted by Crippen LogP contribution is 2.36. The lowest BCUT2D eigenvalue weighted by atomic mass is 9.98. The van der Waals surface area contributed by atoms with Gasteiger partial charge in [0.25, 0.3) is 5.91 Å². The molecule has 1 amide bonds. The first-order valence-electron chi connectivity index (χ1n) is 7.83. The molecule has 3 rings (SSSR count). The SMILES string of the molecule is COC1CCN(C(=O)c2ccc(N(C)C)cc2)c2ccccc21. The van der Waals surface area contributed by atoms with Gasteiger partial charge in [0.2, 0.25) is 0 Å². The van der Waals surface area contributed by atoms with E-state index in [-0.39, 0.29) is 12.0 Å². The number of para-hydroxylation sites is 1. The van der Waals surface area contributed by atoms with Gasteiger partial charge in [-0.25, -0.2) is 0 Å². The molecule has 120 valence electrons. The molecule has 0 spiro atoms. The van der Waals surface area contributed by atoms with E-state index in [0.29, 0.717) is 12.1 Å². The maximum absolute atomic E-state index is 12.9. The predicted octanol–water partition coefficient (Wildman–Crippen LogP) is 3.49. The smallest absolute Gasteiger partial charge is 0.258 e. The summed E-state index contributed by atoms with van der Waals surface area (Å²) in [5.41, 5.74) is 3.83. The lowest BCUT2D eigenvalue weighted by Gasteiger charge is -2.33. The van der Waals surface area contributed by atoms with Crippen LogP contribution in [0.25, 0.3) is 0 Å². The Bertz CT molecular complexity index is 695. The second-order valence-corrected chi connectivity index (χ2v) is 5.97. The van der Waals surface area contributed by atoms with Crippen molar-refractivity contribution in [2.75, 3.05) is 37.5 Å². The molecule has 0 aromatic heterocycles. The van der Waals surface area contributed by atoms with Crippen LogP contribution in [0.4, 0.5) is 11.4 Å². The lowest BCUT2D eigenvalue weighted by Crippen LogP contribution is -2.37. The second kappa shape index (κ2) is 6.42. The van der Waals surface area contributed by atoms with Gasteiger partial charge < -0.3 is 14.5 Å². The zero-order chi connectivity index (χ0) is 16.4. The fraction of sp³-hybridized carbons (Fsp3) is 0.316. The Morgan fingerprint density at radius 1 is 1.13 bits per heavy atom. The number of amides is 1. The molecule has 0 radical (unpaired) electrons. The molecule has 0 aliphatic carbocycles. The normalized spacial score (nSPS) is 16.8. The number of fused-ring (bicyclic) bond motifs is 1. The van der Waals surface area contributed by atoms with Crippen LogP contribution in [0.3, 0.4) is 0 Å². The number of rotatable bonds is 3. The number of nitrogens with zero attached hydrogens (tertiary/aromatic N) is 2. The first kappa shape index (κ1) is 15.6. The van der Waals surface area contributed by atoms with Crippen LogP contribution >= 0.6 is 0 Å². The summed E-state index contributed by atoms with van der Waals surface area (Å²) in [4.78, 5) is 16.8. The minimum absolute atomic E-state index is 0.0392. The van der Waals surface area contributed by atoms with Gasteiger partial charge in [-0.1, -0.05) is 18.2 Å². The van der Waals surface area contributed by atoms with Crippen molar-refractivity contribution >= 4 is 17.3 Å². The molecule has 4 nitrogen and oxygen atoms in total. The van der Waals surface area contributed by atoms with Gasteiger partial charge in [0, 0.05) is 50.3 Å². The number of hydrogen-bond donors (Lipinski definition) is 0. The van der Waals surface area contributed by atoms with E-state index in [1.54, 1.807) is 7.11 Å². The third-order valence-corrected chi connectivity index (χ3v) is 4.35. The Hall–Kier alpha value is -2.33. The fourth-order valence-corrected chi connectivity index (χ4v) is 3.04. The van der Waals surface area contributed by atoms with E-state index >= 15 is 0 Å². The molecule has 0 fully saturated rings. The van der Waals surface area contributed by atoms with Crippen LogP contribution in [-0.2, 0) is 4.74 Å². The summed E-state index contributed by atoms with van der Waals surface area (Å²) in [6.45, 7) is 0.670. The molecule has 4 heteroatoms. The van der Waals surface area contributed by atoms with Gasteiger partial charge in [-0.15, -0.1) is 0 Å². The van der Waals surface area contributed by atoms with Gasteiger partial charge in [0.1, 0.15) is 0 Å². The van der Waals surface area contributed by atoms with E-state index in [1.807, 2.05) is 72.4 Å². The number of benzene rings is 2. The second-order valence-electron chi connectivity index (χ2n) is 5.97. The van der Waals surface area contributed by atoms with Crippen molar-refractivity contribution in [3.63, 3.8) is 0 Å². The average Bonchev–Trinajstić information content (AvgIpc) is 2.60. The monoisotopic (exact) mass is 310 g/mol. The summed E-state index contributed by atoms with van der Waals surface area (Å²) in [6, 6.07) is 15.7.